The summed E-state index contributed by atoms with van der Waals surface area (Å²) in [6, 6.07) is 14.0. The van der Waals surface area contributed by atoms with E-state index in [0.717, 1.165) is 11.3 Å². The highest BCUT2D eigenvalue weighted by molar-refractivity contribution is 7.15. The average Bonchev–Trinajstić information content (AvgIpc) is 3.31. The van der Waals surface area contributed by atoms with Crippen LogP contribution in [0.3, 0.4) is 0 Å². The van der Waals surface area contributed by atoms with Crippen LogP contribution >= 0.6 is 11.3 Å². The molecule has 168 valence electrons. The number of benzene rings is 1. The third-order valence-corrected chi connectivity index (χ3v) is 6.42. The van der Waals surface area contributed by atoms with Crippen molar-refractivity contribution < 1.29 is 4.79 Å². The summed E-state index contributed by atoms with van der Waals surface area (Å²) in [5, 5.41) is 6.16. The van der Waals surface area contributed by atoms with Gasteiger partial charge < -0.3 is 4.90 Å². The van der Waals surface area contributed by atoms with E-state index in [4.69, 9.17) is 0 Å². The predicted molar refractivity (Wildman–Crippen MR) is 125 cm³/mol. The first-order valence-electron chi connectivity index (χ1n) is 10.7. The molecule has 0 saturated carbocycles. The number of thiazole rings is 1. The zero-order valence-electron chi connectivity index (χ0n) is 17.8. The number of aromatic nitrogens is 4. The van der Waals surface area contributed by atoms with Crippen LogP contribution in [0.1, 0.15) is 21.7 Å². The topological polar surface area (TPSA) is 92.8 Å². The Morgan fingerprint density at radius 1 is 0.939 bits per heavy atom. The zero-order chi connectivity index (χ0) is 22.8. The number of rotatable bonds is 5. The molecule has 1 aliphatic rings. The first-order chi connectivity index (χ1) is 16.1. The number of amides is 1. The maximum Gasteiger partial charge on any atom is 0.274 e. The SMILES string of the molecule is O=C(c1ccc(=O)n(Cc2ccccc2)n1)N1CCN(Cc2cc(=O)n3ccsc3n2)CC1. The van der Waals surface area contributed by atoms with E-state index in [0.29, 0.717) is 44.2 Å². The lowest BCUT2D eigenvalue weighted by molar-refractivity contribution is 0.0618. The highest BCUT2D eigenvalue weighted by Crippen LogP contribution is 2.11. The first-order valence-corrected chi connectivity index (χ1v) is 11.5. The third kappa shape index (κ3) is 4.62. The minimum absolute atomic E-state index is 0.0817. The van der Waals surface area contributed by atoms with Gasteiger partial charge in [0.05, 0.1) is 12.2 Å². The lowest BCUT2D eigenvalue weighted by atomic mass is 10.2. The van der Waals surface area contributed by atoms with E-state index in [2.05, 4.69) is 15.0 Å². The minimum Gasteiger partial charge on any atom is -0.335 e. The van der Waals surface area contributed by atoms with Crippen LogP contribution < -0.4 is 11.1 Å². The standard InChI is InChI=1S/C23H22N6O3S/c30-20-7-6-19(25-29(20)15-17-4-2-1-3-5-17)22(32)27-10-8-26(9-11-27)16-18-14-21(31)28-12-13-33-23(28)24-18/h1-7,12-14H,8-11,15-16H2. The number of hydrogen-bond acceptors (Lipinski definition) is 7. The molecule has 3 aromatic heterocycles. The van der Waals surface area contributed by atoms with Crippen LogP contribution in [0.25, 0.3) is 4.96 Å². The lowest BCUT2D eigenvalue weighted by Crippen LogP contribution is -2.48. The van der Waals surface area contributed by atoms with Crippen molar-refractivity contribution in [3.63, 3.8) is 0 Å². The van der Waals surface area contributed by atoms with Crippen molar-refractivity contribution in [1.29, 1.82) is 0 Å². The fraction of sp³-hybridized carbons (Fsp3) is 0.261. The maximum absolute atomic E-state index is 13.0. The summed E-state index contributed by atoms with van der Waals surface area (Å²) in [6.07, 6.45) is 1.72. The normalized spacial score (nSPS) is 14.6. The van der Waals surface area contributed by atoms with Gasteiger partial charge in [-0.15, -0.1) is 11.3 Å². The Kier molecular flexibility index (Phi) is 5.84. The van der Waals surface area contributed by atoms with Crippen molar-refractivity contribution in [3.8, 4) is 0 Å². The van der Waals surface area contributed by atoms with E-state index in [-0.39, 0.29) is 22.7 Å². The smallest absolute Gasteiger partial charge is 0.274 e. The molecule has 1 amide bonds. The van der Waals surface area contributed by atoms with Gasteiger partial charge in [0.25, 0.3) is 17.0 Å². The van der Waals surface area contributed by atoms with Crippen molar-refractivity contribution in [1.82, 2.24) is 29.0 Å². The molecule has 0 aliphatic carbocycles. The van der Waals surface area contributed by atoms with Gasteiger partial charge in [0.1, 0.15) is 5.69 Å². The molecule has 5 rings (SSSR count). The van der Waals surface area contributed by atoms with Crippen molar-refractivity contribution >= 4 is 22.2 Å². The number of fused-ring (bicyclic) bond motifs is 1. The van der Waals surface area contributed by atoms with Crippen LogP contribution in [0.4, 0.5) is 0 Å². The summed E-state index contributed by atoms with van der Waals surface area (Å²) in [7, 11) is 0. The molecule has 1 aliphatic heterocycles. The predicted octanol–water partition coefficient (Wildman–Crippen LogP) is 1.32. The Bertz CT molecular complexity index is 1400. The molecular formula is C23H22N6O3S. The number of nitrogens with zero attached hydrogens (tertiary/aromatic N) is 6. The lowest BCUT2D eigenvalue weighted by Gasteiger charge is -2.34. The molecule has 0 radical (unpaired) electrons. The highest BCUT2D eigenvalue weighted by Gasteiger charge is 2.24. The van der Waals surface area contributed by atoms with Gasteiger partial charge in [-0.2, -0.15) is 5.10 Å². The van der Waals surface area contributed by atoms with Crippen LogP contribution in [-0.4, -0.2) is 61.1 Å². The van der Waals surface area contributed by atoms with Crippen molar-refractivity contribution in [2.45, 2.75) is 13.1 Å². The van der Waals surface area contributed by atoms with Crippen molar-refractivity contribution in [2.24, 2.45) is 0 Å². The molecule has 0 bridgehead atoms. The summed E-state index contributed by atoms with van der Waals surface area (Å²) < 4.78 is 2.86. The fourth-order valence-corrected chi connectivity index (χ4v) is 4.64. The number of piperazine rings is 1. The van der Waals surface area contributed by atoms with Gasteiger partial charge in [0, 0.05) is 56.4 Å². The van der Waals surface area contributed by atoms with E-state index in [1.54, 1.807) is 17.2 Å². The van der Waals surface area contributed by atoms with Crippen LogP contribution in [0.5, 0.6) is 0 Å². The van der Waals surface area contributed by atoms with Crippen LogP contribution in [-0.2, 0) is 13.1 Å². The van der Waals surface area contributed by atoms with Gasteiger partial charge in [-0.1, -0.05) is 30.3 Å². The fourth-order valence-electron chi connectivity index (χ4n) is 3.90. The second kappa shape index (κ2) is 9.08. The molecule has 0 spiro atoms. The number of carbonyl (C=O) groups excluding carboxylic acids is 1. The average molecular weight is 463 g/mol. The quantitative estimate of drug-likeness (QED) is 0.444. The second-order valence-corrected chi connectivity index (χ2v) is 8.78. The maximum atomic E-state index is 13.0. The zero-order valence-corrected chi connectivity index (χ0v) is 18.6. The van der Waals surface area contributed by atoms with Crippen molar-refractivity contribution in [3.05, 3.63) is 97.8 Å². The Hall–Kier alpha value is -3.63. The number of hydrogen-bond donors (Lipinski definition) is 0. The summed E-state index contributed by atoms with van der Waals surface area (Å²) >= 11 is 1.43. The van der Waals surface area contributed by atoms with Gasteiger partial charge in [-0.05, 0) is 11.6 Å². The van der Waals surface area contributed by atoms with E-state index in [1.165, 1.54) is 32.6 Å². The molecule has 1 saturated heterocycles. The third-order valence-electron chi connectivity index (χ3n) is 5.66. The Morgan fingerprint density at radius 2 is 1.73 bits per heavy atom. The Morgan fingerprint density at radius 3 is 2.52 bits per heavy atom. The van der Waals surface area contributed by atoms with E-state index in [9.17, 15) is 14.4 Å². The molecule has 10 heteroatoms. The largest absolute Gasteiger partial charge is 0.335 e. The minimum atomic E-state index is -0.244. The first kappa shape index (κ1) is 21.2. The van der Waals surface area contributed by atoms with E-state index < -0.39 is 0 Å². The van der Waals surface area contributed by atoms with Crippen LogP contribution in [0, 0.1) is 0 Å². The van der Waals surface area contributed by atoms with Gasteiger partial charge in [-0.3, -0.25) is 23.7 Å². The summed E-state index contributed by atoms with van der Waals surface area (Å²) in [6.45, 7) is 3.29. The Labute approximate surface area is 193 Å². The molecule has 1 aromatic carbocycles. The molecule has 1 fully saturated rings. The molecule has 33 heavy (non-hydrogen) atoms. The molecule has 4 aromatic rings. The van der Waals surface area contributed by atoms with Gasteiger partial charge >= 0.3 is 0 Å². The van der Waals surface area contributed by atoms with Gasteiger partial charge in [-0.25, -0.2) is 9.67 Å². The second-order valence-electron chi connectivity index (χ2n) is 7.91. The van der Waals surface area contributed by atoms with Crippen LogP contribution in [0.2, 0.25) is 0 Å². The monoisotopic (exact) mass is 462 g/mol. The highest BCUT2D eigenvalue weighted by atomic mass is 32.1. The molecule has 4 heterocycles. The summed E-state index contributed by atoms with van der Waals surface area (Å²) in [5.41, 5.74) is 1.61. The van der Waals surface area contributed by atoms with E-state index in [1.807, 2.05) is 35.7 Å². The van der Waals surface area contributed by atoms with Gasteiger partial charge in [0.2, 0.25) is 0 Å². The van der Waals surface area contributed by atoms with Crippen LogP contribution in [0.15, 0.2) is 69.7 Å². The molecule has 9 nitrogen and oxygen atoms in total. The summed E-state index contributed by atoms with van der Waals surface area (Å²) in [4.78, 5) is 46.6. The van der Waals surface area contributed by atoms with Gasteiger partial charge in [0.15, 0.2) is 4.96 Å². The Balaban J connectivity index is 1.23. The van der Waals surface area contributed by atoms with E-state index >= 15 is 0 Å². The summed E-state index contributed by atoms with van der Waals surface area (Å²) in [5.74, 6) is -0.187. The molecule has 0 atom stereocenters. The molecule has 0 unspecified atom stereocenters. The molecular weight excluding hydrogens is 440 g/mol. The number of carbonyl (C=O) groups is 1. The molecule has 0 N–H and O–H groups in total. The van der Waals surface area contributed by atoms with Crippen molar-refractivity contribution in [2.75, 3.05) is 26.2 Å².